The number of hydrogen-bond donors (Lipinski definition) is 2. The minimum Gasteiger partial charge on any atom is -0.497 e. The van der Waals surface area contributed by atoms with Gasteiger partial charge in [0.05, 0.1) is 23.6 Å². The Morgan fingerprint density at radius 3 is 2.70 bits per heavy atom. The van der Waals surface area contributed by atoms with Crippen molar-refractivity contribution in [3.8, 4) is 17.1 Å². The first-order valence-corrected chi connectivity index (χ1v) is 9.07. The molecule has 1 amide bonds. The quantitative estimate of drug-likeness (QED) is 0.481. The average molecular weight is 408 g/mol. The van der Waals surface area contributed by atoms with Crippen molar-refractivity contribution < 1.29 is 13.9 Å². The summed E-state index contributed by atoms with van der Waals surface area (Å²) in [4.78, 5) is 12.1. The summed E-state index contributed by atoms with van der Waals surface area (Å²) in [6.45, 7) is 0. The Hall–Kier alpha value is -2.78. The number of aromatic nitrogens is 3. The minimum absolute atomic E-state index is 0.0334. The Balaban J connectivity index is 1.64. The highest BCUT2D eigenvalue weighted by Crippen LogP contribution is 2.25. The molecule has 7 nitrogen and oxygen atoms in total. The lowest BCUT2D eigenvalue weighted by molar-refractivity contribution is -0.113. The van der Waals surface area contributed by atoms with Gasteiger partial charge in [-0.05, 0) is 42.5 Å². The molecular weight excluding hydrogens is 393 g/mol. The fourth-order valence-electron chi connectivity index (χ4n) is 2.22. The van der Waals surface area contributed by atoms with Gasteiger partial charge in [-0.1, -0.05) is 23.4 Å². The van der Waals surface area contributed by atoms with Crippen molar-refractivity contribution >= 4 is 35.0 Å². The van der Waals surface area contributed by atoms with Crippen LogP contribution in [0.25, 0.3) is 11.4 Å². The van der Waals surface area contributed by atoms with Gasteiger partial charge in [-0.2, -0.15) is 0 Å². The van der Waals surface area contributed by atoms with Crippen LogP contribution < -0.4 is 15.9 Å². The first-order chi connectivity index (χ1) is 13.0. The summed E-state index contributed by atoms with van der Waals surface area (Å²) in [5.74, 6) is 6.43. The molecule has 0 bridgehead atoms. The van der Waals surface area contributed by atoms with Crippen LogP contribution in [0.4, 0.5) is 10.1 Å². The van der Waals surface area contributed by atoms with E-state index in [9.17, 15) is 9.18 Å². The third-order valence-electron chi connectivity index (χ3n) is 3.55. The van der Waals surface area contributed by atoms with E-state index < -0.39 is 5.82 Å². The van der Waals surface area contributed by atoms with Gasteiger partial charge in [0.2, 0.25) is 11.1 Å². The van der Waals surface area contributed by atoms with E-state index >= 15 is 0 Å². The number of nitrogens with one attached hydrogen (secondary N) is 1. The maximum absolute atomic E-state index is 13.0. The lowest BCUT2D eigenvalue weighted by Gasteiger charge is -2.07. The number of nitrogens with zero attached hydrogens (tertiary/aromatic N) is 3. The van der Waals surface area contributed by atoms with Crippen LogP contribution >= 0.6 is 23.4 Å². The van der Waals surface area contributed by atoms with E-state index in [1.165, 1.54) is 16.8 Å². The van der Waals surface area contributed by atoms with E-state index in [0.717, 1.165) is 23.4 Å². The molecule has 10 heteroatoms. The third kappa shape index (κ3) is 4.50. The van der Waals surface area contributed by atoms with Crippen molar-refractivity contribution in [3.63, 3.8) is 0 Å². The molecule has 0 unspecified atom stereocenters. The van der Waals surface area contributed by atoms with Crippen LogP contribution in [0.5, 0.6) is 5.75 Å². The molecule has 0 radical (unpaired) electrons. The Labute approximate surface area is 163 Å². The summed E-state index contributed by atoms with van der Waals surface area (Å²) in [5.41, 5.74) is 1.09. The number of halogens is 2. The molecule has 140 valence electrons. The van der Waals surface area contributed by atoms with Gasteiger partial charge in [-0.15, -0.1) is 10.2 Å². The van der Waals surface area contributed by atoms with Gasteiger partial charge in [0, 0.05) is 5.56 Å². The number of nitrogen functional groups attached to an aromatic ring is 1. The summed E-state index contributed by atoms with van der Waals surface area (Å²) in [6.07, 6.45) is 0. The van der Waals surface area contributed by atoms with Gasteiger partial charge in [-0.3, -0.25) is 4.79 Å². The van der Waals surface area contributed by atoms with Crippen molar-refractivity contribution in [2.45, 2.75) is 5.16 Å². The Bertz CT molecular complexity index is 964. The molecule has 3 N–H and O–H groups in total. The van der Waals surface area contributed by atoms with Gasteiger partial charge in [0.25, 0.3) is 0 Å². The molecule has 3 aromatic rings. The van der Waals surface area contributed by atoms with E-state index in [4.69, 9.17) is 22.2 Å². The highest BCUT2D eigenvalue weighted by Gasteiger charge is 2.14. The summed E-state index contributed by atoms with van der Waals surface area (Å²) in [7, 11) is 1.58. The number of hydrogen-bond acceptors (Lipinski definition) is 6. The van der Waals surface area contributed by atoms with Crippen LogP contribution in [0.1, 0.15) is 0 Å². The van der Waals surface area contributed by atoms with Crippen molar-refractivity contribution in [3.05, 3.63) is 53.3 Å². The van der Waals surface area contributed by atoms with Gasteiger partial charge < -0.3 is 15.9 Å². The number of thioether (sulfide) groups is 1. The van der Waals surface area contributed by atoms with Gasteiger partial charge in [0.1, 0.15) is 11.6 Å². The second-order valence-corrected chi connectivity index (χ2v) is 6.72. The van der Waals surface area contributed by atoms with Gasteiger partial charge >= 0.3 is 0 Å². The maximum Gasteiger partial charge on any atom is 0.234 e. The Morgan fingerprint density at radius 1 is 1.30 bits per heavy atom. The fraction of sp³-hybridized carbons (Fsp3) is 0.118. The zero-order valence-electron chi connectivity index (χ0n) is 14.1. The first kappa shape index (κ1) is 19.0. The molecular formula is C17H15ClFN5O2S. The summed E-state index contributed by atoms with van der Waals surface area (Å²) in [5, 5.41) is 11.2. The second kappa shape index (κ2) is 8.28. The van der Waals surface area contributed by atoms with Crippen LogP contribution in [-0.4, -0.2) is 33.6 Å². The van der Waals surface area contributed by atoms with E-state index in [1.54, 1.807) is 19.2 Å². The number of carbonyl (C=O) groups is 1. The van der Waals surface area contributed by atoms with Crippen LogP contribution in [0.2, 0.25) is 5.02 Å². The highest BCUT2D eigenvalue weighted by atomic mass is 35.5. The first-order valence-electron chi connectivity index (χ1n) is 7.70. The number of carbonyl (C=O) groups excluding carboxylic acids is 1. The molecule has 27 heavy (non-hydrogen) atoms. The summed E-state index contributed by atoms with van der Waals surface area (Å²) >= 11 is 7.01. The van der Waals surface area contributed by atoms with Crippen LogP contribution in [-0.2, 0) is 4.79 Å². The monoisotopic (exact) mass is 407 g/mol. The van der Waals surface area contributed by atoms with Gasteiger partial charge in [-0.25, -0.2) is 9.07 Å². The van der Waals surface area contributed by atoms with E-state index in [0.29, 0.717) is 22.4 Å². The molecule has 1 heterocycles. The summed E-state index contributed by atoms with van der Waals surface area (Å²) in [6, 6.07) is 10.9. The third-order valence-corrected chi connectivity index (χ3v) is 4.81. The Kier molecular flexibility index (Phi) is 5.82. The maximum atomic E-state index is 13.0. The van der Waals surface area contributed by atoms with E-state index in [-0.39, 0.29) is 16.7 Å². The van der Waals surface area contributed by atoms with E-state index in [1.807, 2.05) is 12.1 Å². The SMILES string of the molecule is COc1ccc(-c2nnc(SCC(=O)Nc3ccc(F)cc3Cl)n2N)cc1. The molecule has 3 rings (SSSR count). The molecule has 2 aromatic carbocycles. The number of methoxy groups -OCH3 is 1. The molecule has 1 aromatic heterocycles. The zero-order valence-corrected chi connectivity index (χ0v) is 15.7. The second-order valence-electron chi connectivity index (χ2n) is 5.37. The predicted molar refractivity (Wildman–Crippen MR) is 103 cm³/mol. The van der Waals surface area contributed by atoms with E-state index in [2.05, 4.69) is 15.5 Å². The lowest BCUT2D eigenvalue weighted by atomic mass is 10.2. The molecule has 0 fully saturated rings. The van der Waals surface area contributed by atoms with Crippen LogP contribution in [0.15, 0.2) is 47.6 Å². The molecule has 0 saturated carbocycles. The standard InChI is InChI=1S/C17H15ClFN5O2S/c1-26-12-5-2-10(3-6-12)16-22-23-17(24(16)20)27-9-15(25)21-14-7-4-11(19)8-13(14)18/h2-8H,9,20H2,1H3,(H,21,25). The van der Waals surface area contributed by atoms with Crippen molar-refractivity contribution in [1.82, 2.24) is 14.9 Å². The summed E-state index contributed by atoms with van der Waals surface area (Å²) < 4.78 is 19.5. The normalized spacial score (nSPS) is 10.6. The lowest BCUT2D eigenvalue weighted by Crippen LogP contribution is -2.16. The molecule has 0 atom stereocenters. The van der Waals surface area contributed by atoms with Crippen molar-refractivity contribution in [2.75, 3.05) is 24.0 Å². The number of ether oxygens (including phenoxy) is 1. The smallest absolute Gasteiger partial charge is 0.234 e. The van der Waals surface area contributed by atoms with Crippen LogP contribution in [0, 0.1) is 5.82 Å². The molecule has 0 aliphatic heterocycles. The largest absolute Gasteiger partial charge is 0.497 e. The number of rotatable bonds is 6. The number of nitrogens with two attached hydrogens (primary N) is 1. The molecule has 0 saturated heterocycles. The van der Waals surface area contributed by atoms with Crippen LogP contribution in [0.3, 0.4) is 0 Å². The van der Waals surface area contributed by atoms with Crippen molar-refractivity contribution in [1.29, 1.82) is 0 Å². The minimum atomic E-state index is -0.477. The predicted octanol–water partition coefficient (Wildman–Crippen LogP) is 3.19. The average Bonchev–Trinajstić information content (AvgIpc) is 3.03. The number of amides is 1. The molecule has 0 spiro atoms. The Morgan fingerprint density at radius 2 is 2.04 bits per heavy atom. The highest BCUT2D eigenvalue weighted by molar-refractivity contribution is 7.99. The number of benzene rings is 2. The molecule has 0 aliphatic carbocycles. The molecule has 0 aliphatic rings. The number of anilines is 1. The topological polar surface area (TPSA) is 95.1 Å². The van der Waals surface area contributed by atoms with Gasteiger partial charge in [0.15, 0.2) is 5.82 Å². The fourth-order valence-corrected chi connectivity index (χ4v) is 3.09. The van der Waals surface area contributed by atoms with Crippen molar-refractivity contribution in [2.24, 2.45) is 0 Å². The zero-order chi connectivity index (χ0) is 19.4.